The summed E-state index contributed by atoms with van der Waals surface area (Å²) in [6, 6.07) is 34.9. The molecule has 0 saturated carbocycles. The Morgan fingerprint density at radius 2 is 1.18 bits per heavy atom. The second-order valence-electron chi connectivity index (χ2n) is 10.0. The summed E-state index contributed by atoms with van der Waals surface area (Å²) in [5.41, 5.74) is 6.33. The van der Waals surface area contributed by atoms with Crippen LogP contribution in [0.3, 0.4) is 0 Å². The summed E-state index contributed by atoms with van der Waals surface area (Å²) >= 11 is 0. The third-order valence-corrected chi connectivity index (χ3v) is 8.37. The van der Waals surface area contributed by atoms with Gasteiger partial charge < -0.3 is 10.2 Å². The quantitative estimate of drug-likeness (QED) is 0.312. The first kappa shape index (κ1) is 26.2. The van der Waals surface area contributed by atoms with Crippen LogP contribution in [-0.2, 0) is 29.4 Å². The first-order chi connectivity index (χ1) is 18.5. The Hall–Kier alpha value is -3.45. The molecule has 1 aliphatic heterocycles. The van der Waals surface area contributed by atoms with Gasteiger partial charge in [-0.2, -0.15) is 0 Å². The van der Waals surface area contributed by atoms with Gasteiger partial charge in [-0.15, -0.1) is 0 Å². The molecule has 0 amide bonds. The van der Waals surface area contributed by atoms with Crippen LogP contribution in [0.5, 0.6) is 0 Å². The summed E-state index contributed by atoms with van der Waals surface area (Å²) in [5, 5.41) is 9.31. The van der Waals surface area contributed by atoms with Gasteiger partial charge in [0.25, 0.3) is 0 Å². The minimum atomic E-state index is -3.92. The number of nitrogens with one attached hydrogen (secondary N) is 1. The summed E-state index contributed by atoms with van der Waals surface area (Å²) in [4.78, 5) is 2.71. The molecule has 0 bridgehead atoms. The van der Waals surface area contributed by atoms with Crippen LogP contribution >= 0.6 is 0 Å². The molecular weight excluding hydrogens is 490 g/mol. The number of benzene rings is 4. The molecule has 1 fully saturated rings. The van der Waals surface area contributed by atoms with E-state index in [1.54, 1.807) is 6.07 Å². The maximum Gasteiger partial charge on any atom is 0.238 e. The fourth-order valence-corrected chi connectivity index (χ4v) is 6.29. The van der Waals surface area contributed by atoms with Crippen molar-refractivity contribution in [3.8, 4) is 0 Å². The molecule has 4 aromatic rings. The van der Waals surface area contributed by atoms with E-state index in [2.05, 4.69) is 46.6 Å². The van der Waals surface area contributed by atoms with Crippen LogP contribution in [0.25, 0.3) is 0 Å². The highest BCUT2D eigenvalue weighted by molar-refractivity contribution is 7.89. The molecule has 1 aliphatic rings. The number of hydrogen-bond donors (Lipinski definition) is 2. The molecular formula is C32H35N3O2S. The molecule has 0 atom stereocenters. The van der Waals surface area contributed by atoms with E-state index in [1.807, 2.05) is 60.7 Å². The van der Waals surface area contributed by atoms with Gasteiger partial charge in [-0.25, -0.2) is 13.6 Å². The molecule has 0 radical (unpaired) electrons. The highest BCUT2D eigenvalue weighted by Gasteiger charge is 2.27. The lowest BCUT2D eigenvalue weighted by molar-refractivity contribution is 0.427. The van der Waals surface area contributed by atoms with Crippen LogP contribution in [0.15, 0.2) is 108 Å². The molecule has 0 aromatic heterocycles. The molecule has 0 unspecified atom stereocenters. The van der Waals surface area contributed by atoms with Crippen molar-refractivity contribution in [2.75, 3.05) is 18.0 Å². The summed E-state index contributed by atoms with van der Waals surface area (Å²) in [6.07, 6.45) is 3.18. The molecule has 1 saturated heterocycles. The Morgan fingerprint density at radius 3 is 1.71 bits per heavy atom. The number of nitrogens with zero attached hydrogens (tertiary/aromatic N) is 1. The molecule has 3 N–H and O–H groups in total. The molecule has 0 aliphatic carbocycles. The fourth-order valence-electron chi connectivity index (χ4n) is 5.50. The zero-order chi connectivity index (χ0) is 26.4. The van der Waals surface area contributed by atoms with Crippen molar-refractivity contribution in [1.82, 2.24) is 5.32 Å². The largest absolute Gasteiger partial charge is 0.364 e. The maximum atomic E-state index is 12.9. The van der Waals surface area contributed by atoms with Crippen molar-refractivity contribution in [2.24, 2.45) is 5.14 Å². The predicted octanol–water partition coefficient (Wildman–Crippen LogP) is 5.27. The second-order valence-corrected chi connectivity index (χ2v) is 11.5. The molecule has 6 heteroatoms. The lowest BCUT2D eigenvalue weighted by Crippen LogP contribution is -2.43. The summed E-state index contributed by atoms with van der Waals surface area (Å²) < 4.78 is 25.8. The second kappa shape index (κ2) is 11.9. The lowest BCUT2D eigenvalue weighted by atomic mass is 9.91. The average Bonchev–Trinajstić information content (AvgIpc) is 2.94. The van der Waals surface area contributed by atoms with E-state index in [-0.39, 0.29) is 4.90 Å². The first-order valence-electron chi connectivity index (χ1n) is 13.3. The van der Waals surface area contributed by atoms with Crippen LogP contribution in [0.4, 0.5) is 5.69 Å². The number of hydrogen-bond acceptors (Lipinski definition) is 4. The summed E-state index contributed by atoms with van der Waals surface area (Å²) in [6.45, 7) is 2.69. The summed E-state index contributed by atoms with van der Waals surface area (Å²) in [7, 11) is -3.92. The minimum Gasteiger partial charge on any atom is -0.364 e. The fraction of sp³-hybridized carbons (Fsp3) is 0.250. The third kappa shape index (κ3) is 6.33. The number of sulfonamides is 1. The van der Waals surface area contributed by atoms with Gasteiger partial charge in [-0.05, 0) is 78.7 Å². The molecule has 5 rings (SSSR count). The van der Waals surface area contributed by atoms with Gasteiger partial charge in [0, 0.05) is 18.3 Å². The Morgan fingerprint density at radius 1 is 0.684 bits per heavy atom. The summed E-state index contributed by atoms with van der Waals surface area (Å²) in [5.74, 6) is 0. The Balaban J connectivity index is 1.71. The highest BCUT2D eigenvalue weighted by atomic mass is 32.2. The van der Waals surface area contributed by atoms with Gasteiger partial charge >= 0.3 is 0 Å². The van der Waals surface area contributed by atoms with Crippen LogP contribution in [0, 0.1) is 0 Å². The van der Waals surface area contributed by atoms with E-state index in [1.165, 1.54) is 5.56 Å². The van der Waals surface area contributed by atoms with Gasteiger partial charge in [0.1, 0.15) is 0 Å². The number of primary sulfonamides is 1. The van der Waals surface area contributed by atoms with Gasteiger partial charge in [-0.3, -0.25) is 0 Å². The zero-order valence-electron chi connectivity index (χ0n) is 21.6. The molecule has 0 spiro atoms. The molecule has 1 heterocycles. The van der Waals surface area contributed by atoms with Gasteiger partial charge in [0.05, 0.1) is 4.90 Å². The number of nitrogens with two attached hydrogens (primary N) is 1. The van der Waals surface area contributed by atoms with E-state index in [9.17, 15) is 8.42 Å². The van der Waals surface area contributed by atoms with Crippen molar-refractivity contribution >= 4 is 15.7 Å². The molecule has 38 heavy (non-hydrogen) atoms. The van der Waals surface area contributed by atoms with E-state index in [0.29, 0.717) is 18.9 Å². The SMILES string of the molecule is NS(=O)(=O)c1ccc(N(Cc2ccccc2)C2CCNCC2)c(Cc2ccccc2)c1Cc1ccccc1. The molecule has 196 valence electrons. The lowest BCUT2D eigenvalue weighted by Gasteiger charge is -2.38. The molecule has 5 nitrogen and oxygen atoms in total. The first-order valence-corrected chi connectivity index (χ1v) is 14.8. The topological polar surface area (TPSA) is 75.4 Å². The van der Waals surface area contributed by atoms with Gasteiger partial charge in [0.15, 0.2) is 0 Å². The van der Waals surface area contributed by atoms with Crippen LogP contribution in [0.1, 0.15) is 40.7 Å². The van der Waals surface area contributed by atoms with Crippen LogP contribution < -0.4 is 15.4 Å². The van der Waals surface area contributed by atoms with E-state index < -0.39 is 10.0 Å². The Bertz CT molecular complexity index is 1440. The van der Waals surface area contributed by atoms with Crippen molar-refractivity contribution in [2.45, 2.75) is 43.2 Å². The van der Waals surface area contributed by atoms with E-state index in [0.717, 1.165) is 60.4 Å². The van der Waals surface area contributed by atoms with Crippen LogP contribution in [0.2, 0.25) is 0 Å². The van der Waals surface area contributed by atoms with Crippen molar-refractivity contribution in [1.29, 1.82) is 0 Å². The van der Waals surface area contributed by atoms with Crippen molar-refractivity contribution in [3.63, 3.8) is 0 Å². The van der Waals surface area contributed by atoms with Crippen LogP contribution in [-0.4, -0.2) is 27.5 Å². The standard InChI is InChI=1S/C32H35N3O2S/c33-38(36,37)32-17-16-31(35(28-18-20-34-21-19-28)24-27-14-8-3-9-15-27)29(22-25-10-4-1-5-11-25)30(32)23-26-12-6-2-7-13-26/h1-17,28,34H,18-24H2,(H2,33,36,37). The highest BCUT2D eigenvalue weighted by Crippen LogP contribution is 2.36. The maximum absolute atomic E-state index is 12.9. The minimum absolute atomic E-state index is 0.209. The Labute approximate surface area is 226 Å². The average molecular weight is 526 g/mol. The predicted molar refractivity (Wildman–Crippen MR) is 155 cm³/mol. The Kier molecular flexibility index (Phi) is 8.23. The third-order valence-electron chi connectivity index (χ3n) is 7.37. The smallest absolute Gasteiger partial charge is 0.238 e. The zero-order valence-corrected chi connectivity index (χ0v) is 22.4. The normalized spacial score (nSPS) is 14.3. The van der Waals surface area contributed by atoms with E-state index >= 15 is 0 Å². The van der Waals surface area contributed by atoms with Gasteiger partial charge in [-0.1, -0.05) is 91.0 Å². The van der Waals surface area contributed by atoms with Crippen molar-refractivity contribution < 1.29 is 8.42 Å². The number of rotatable bonds is 9. The van der Waals surface area contributed by atoms with Crippen molar-refractivity contribution in [3.05, 3.63) is 131 Å². The monoisotopic (exact) mass is 525 g/mol. The molecule has 4 aromatic carbocycles. The number of piperidine rings is 1. The number of anilines is 1. The van der Waals surface area contributed by atoms with Gasteiger partial charge in [0.2, 0.25) is 10.0 Å². The van der Waals surface area contributed by atoms with E-state index in [4.69, 9.17) is 5.14 Å².